The number of nitrogens with zero attached hydrogens (tertiary/aromatic N) is 6. The van der Waals surface area contributed by atoms with Gasteiger partial charge >= 0.3 is 0 Å². The minimum Gasteiger partial charge on any atom is -0.338 e. The number of aryl methyl sites for hydroxylation is 1. The van der Waals surface area contributed by atoms with Gasteiger partial charge < -0.3 is 4.52 Å². The van der Waals surface area contributed by atoms with E-state index in [0.29, 0.717) is 33.8 Å². The van der Waals surface area contributed by atoms with Gasteiger partial charge in [0.25, 0.3) is 0 Å². The molecule has 0 aliphatic rings. The SMILES string of the molecule is Cc1ccc(-c2noc(CSc3nnnn3C(C)(C)C)n2)cc1F. The molecule has 0 fully saturated rings. The Morgan fingerprint density at radius 2 is 2.08 bits per heavy atom. The van der Waals surface area contributed by atoms with E-state index in [0.717, 1.165) is 0 Å². The maximum absolute atomic E-state index is 13.6. The first-order valence-electron chi connectivity index (χ1n) is 7.35. The van der Waals surface area contributed by atoms with Crippen molar-refractivity contribution in [2.75, 3.05) is 0 Å². The number of tetrazole rings is 1. The van der Waals surface area contributed by atoms with Gasteiger partial charge in [0.1, 0.15) is 5.82 Å². The van der Waals surface area contributed by atoms with Gasteiger partial charge in [0.2, 0.25) is 16.9 Å². The molecule has 0 unspecified atom stereocenters. The third kappa shape index (κ3) is 3.45. The highest BCUT2D eigenvalue weighted by Crippen LogP contribution is 2.25. The molecular weight excluding hydrogens is 331 g/mol. The summed E-state index contributed by atoms with van der Waals surface area (Å²) >= 11 is 1.40. The molecule has 0 saturated carbocycles. The summed E-state index contributed by atoms with van der Waals surface area (Å²) in [6, 6.07) is 4.85. The van der Waals surface area contributed by atoms with E-state index in [1.807, 2.05) is 20.8 Å². The van der Waals surface area contributed by atoms with E-state index < -0.39 is 0 Å². The number of thioether (sulfide) groups is 1. The predicted molar refractivity (Wildman–Crippen MR) is 86.8 cm³/mol. The fourth-order valence-corrected chi connectivity index (χ4v) is 2.88. The molecule has 24 heavy (non-hydrogen) atoms. The van der Waals surface area contributed by atoms with E-state index in [4.69, 9.17) is 4.52 Å². The summed E-state index contributed by atoms with van der Waals surface area (Å²) in [5.74, 6) is 0.926. The van der Waals surface area contributed by atoms with Crippen molar-refractivity contribution in [2.45, 2.75) is 44.1 Å². The fraction of sp³-hybridized carbons (Fsp3) is 0.400. The van der Waals surface area contributed by atoms with Crippen molar-refractivity contribution in [3.05, 3.63) is 35.5 Å². The smallest absolute Gasteiger partial charge is 0.237 e. The average Bonchev–Trinajstić information content (AvgIpc) is 3.16. The van der Waals surface area contributed by atoms with Crippen LogP contribution in [-0.2, 0) is 11.3 Å². The third-order valence-corrected chi connectivity index (χ3v) is 4.20. The molecule has 0 bridgehead atoms. The molecule has 7 nitrogen and oxygen atoms in total. The largest absolute Gasteiger partial charge is 0.338 e. The fourth-order valence-electron chi connectivity index (χ4n) is 1.98. The summed E-state index contributed by atoms with van der Waals surface area (Å²) in [6.45, 7) is 7.76. The monoisotopic (exact) mass is 348 g/mol. The van der Waals surface area contributed by atoms with Gasteiger partial charge in [-0.3, -0.25) is 0 Å². The quantitative estimate of drug-likeness (QED) is 0.669. The molecular formula is C15H17FN6OS. The van der Waals surface area contributed by atoms with Crippen LogP contribution in [-0.4, -0.2) is 30.3 Å². The highest BCUT2D eigenvalue weighted by Gasteiger charge is 2.20. The van der Waals surface area contributed by atoms with Crippen LogP contribution in [0.3, 0.4) is 0 Å². The van der Waals surface area contributed by atoms with E-state index in [-0.39, 0.29) is 11.4 Å². The van der Waals surface area contributed by atoms with Gasteiger partial charge in [-0.15, -0.1) is 5.10 Å². The van der Waals surface area contributed by atoms with Crippen LogP contribution in [0.25, 0.3) is 11.4 Å². The summed E-state index contributed by atoms with van der Waals surface area (Å²) < 4.78 is 20.6. The first-order valence-corrected chi connectivity index (χ1v) is 8.34. The van der Waals surface area contributed by atoms with Crippen molar-refractivity contribution in [3.63, 3.8) is 0 Å². The third-order valence-electron chi connectivity index (χ3n) is 3.30. The zero-order chi connectivity index (χ0) is 17.3. The van der Waals surface area contributed by atoms with Crippen LogP contribution in [0.4, 0.5) is 4.39 Å². The number of halogens is 1. The standard InChI is InChI=1S/C15H17FN6OS/c1-9-5-6-10(7-11(9)16)13-17-12(23-19-13)8-24-14-18-20-21-22(14)15(2,3)4/h5-7H,8H2,1-4H3. The van der Waals surface area contributed by atoms with Crippen LogP contribution in [0.15, 0.2) is 27.9 Å². The Hall–Kier alpha value is -2.29. The molecule has 3 rings (SSSR count). The highest BCUT2D eigenvalue weighted by atomic mass is 32.2. The van der Waals surface area contributed by atoms with E-state index >= 15 is 0 Å². The second-order valence-corrected chi connectivity index (χ2v) is 7.25. The van der Waals surface area contributed by atoms with Crippen molar-refractivity contribution in [3.8, 4) is 11.4 Å². The summed E-state index contributed by atoms with van der Waals surface area (Å²) in [6.07, 6.45) is 0. The number of aromatic nitrogens is 6. The van der Waals surface area contributed by atoms with Gasteiger partial charge in [0.15, 0.2) is 0 Å². The lowest BCUT2D eigenvalue weighted by molar-refractivity contribution is 0.321. The lowest BCUT2D eigenvalue weighted by Crippen LogP contribution is -2.24. The predicted octanol–water partition coefficient (Wildman–Crippen LogP) is 3.22. The van der Waals surface area contributed by atoms with Crippen LogP contribution >= 0.6 is 11.8 Å². The molecule has 0 N–H and O–H groups in total. The summed E-state index contributed by atoms with van der Waals surface area (Å²) in [4.78, 5) is 4.30. The van der Waals surface area contributed by atoms with E-state index in [1.165, 1.54) is 17.8 Å². The van der Waals surface area contributed by atoms with E-state index in [2.05, 4.69) is 25.7 Å². The number of rotatable bonds is 4. The van der Waals surface area contributed by atoms with Crippen molar-refractivity contribution < 1.29 is 8.91 Å². The summed E-state index contributed by atoms with van der Waals surface area (Å²) in [5, 5.41) is 16.3. The molecule has 1 aromatic carbocycles. The Morgan fingerprint density at radius 3 is 2.79 bits per heavy atom. The average molecular weight is 348 g/mol. The molecule has 2 aromatic heterocycles. The first kappa shape index (κ1) is 16.6. The molecule has 0 spiro atoms. The Morgan fingerprint density at radius 1 is 1.29 bits per heavy atom. The van der Waals surface area contributed by atoms with Crippen LogP contribution in [0.1, 0.15) is 32.2 Å². The first-order chi connectivity index (χ1) is 11.3. The van der Waals surface area contributed by atoms with Crippen LogP contribution < -0.4 is 0 Å². The molecule has 0 aliphatic heterocycles. The maximum Gasteiger partial charge on any atom is 0.237 e. The van der Waals surface area contributed by atoms with Crippen LogP contribution in [0.2, 0.25) is 0 Å². The molecule has 0 aliphatic carbocycles. The summed E-state index contributed by atoms with van der Waals surface area (Å²) in [5.41, 5.74) is 0.940. The van der Waals surface area contributed by atoms with E-state index in [1.54, 1.807) is 23.7 Å². The van der Waals surface area contributed by atoms with Crippen molar-refractivity contribution in [1.82, 2.24) is 30.3 Å². The number of hydrogen-bond donors (Lipinski definition) is 0. The molecule has 0 atom stereocenters. The zero-order valence-corrected chi connectivity index (χ0v) is 14.6. The molecule has 0 radical (unpaired) electrons. The topological polar surface area (TPSA) is 82.5 Å². The normalized spacial score (nSPS) is 11.9. The van der Waals surface area contributed by atoms with Crippen molar-refractivity contribution in [1.29, 1.82) is 0 Å². The van der Waals surface area contributed by atoms with Gasteiger partial charge in [0.05, 0.1) is 11.3 Å². The van der Waals surface area contributed by atoms with E-state index in [9.17, 15) is 4.39 Å². The molecule has 3 aromatic rings. The molecule has 2 heterocycles. The zero-order valence-electron chi connectivity index (χ0n) is 13.8. The highest BCUT2D eigenvalue weighted by molar-refractivity contribution is 7.98. The Kier molecular flexibility index (Phi) is 4.35. The van der Waals surface area contributed by atoms with Gasteiger partial charge in [-0.1, -0.05) is 29.1 Å². The second kappa shape index (κ2) is 6.31. The molecule has 126 valence electrons. The van der Waals surface area contributed by atoms with Crippen LogP contribution in [0.5, 0.6) is 0 Å². The molecule has 0 saturated heterocycles. The second-order valence-electron chi connectivity index (χ2n) is 6.31. The van der Waals surface area contributed by atoms with Gasteiger partial charge in [-0.2, -0.15) is 4.98 Å². The number of hydrogen-bond acceptors (Lipinski definition) is 7. The van der Waals surface area contributed by atoms with Crippen LogP contribution in [0, 0.1) is 12.7 Å². The number of benzene rings is 1. The minimum absolute atomic E-state index is 0.217. The summed E-state index contributed by atoms with van der Waals surface area (Å²) in [7, 11) is 0. The maximum atomic E-state index is 13.6. The Bertz CT molecular complexity index is 854. The molecule has 9 heteroatoms. The Labute approximate surface area is 142 Å². The minimum atomic E-state index is -0.294. The van der Waals surface area contributed by atoms with Gasteiger partial charge in [0, 0.05) is 5.56 Å². The van der Waals surface area contributed by atoms with Crippen molar-refractivity contribution >= 4 is 11.8 Å². The lowest BCUT2D eigenvalue weighted by atomic mass is 10.1. The Balaban J connectivity index is 1.73. The van der Waals surface area contributed by atoms with Crippen molar-refractivity contribution in [2.24, 2.45) is 0 Å². The van der Waals surface area contributed by atoms with Gasteiger partial charge in [-0.05, 0) is 49.8 Å². The van der Waals surface area contributed by atoms with Gasteiger partial charge in [-0.25, -0.2) is 9.07 Å². The molecule has 0 amide bonds. The lowest BCUT2D eigenvalue weighted by Gasteiger charge is -2.19.